The van der Waals surface area contributed by atoms with Crippen LogP contribution in [0.3, 0.4) is 0 Å². The van der Waals surface area contributed by atoms with Crippen LogP contribution in [0.15, 0.2) is 12.1 Å². The Morgan fingerprint density at radius 1 is 1.38 bits per heavy atom. The average Bonchev–Trinajstić information content (AvgIpc) is 2.37. The molecule has 2 rings (SSSR count). The van der Waals surface area contributed by atoms with Crippen LogP contribution in [0, 0.1) is 6.92 Å². The van der Waals surface area contributed by atoms with Crippen LogP contribution >= 0.6 is 0 Å². The fourth-order valence-electron chi connectivity index (χ4n) is 2.81. The molecule has 1 unspecified atom stereocenters. The lowest BCUT2D eigenvalue weighted by Gasteiger charge is -2.37. The molecule has 0 bridgehead atoms. The van der Waals surface area contributed by atoms with E-state index < -0.39 is 5.60 Å². The van der Waals surface area contributed by atoms with Crippen molar-refractivity contribution in [2.24, 2.45) is 0 Å². The zero-order chi connectivity index (χ0) is 15.8. The monoisotopic (exact) mass is 290 g/mol. The Morgan fingerprint density at radius 3 is 2.62 bits per heavy atom. The fraction of sp³-hybridized carbons (Fsp3) is 0.611. The van der Waals surface area contributed by atoms with E-state index >= 15 is 0 Å². The molecule has 1 aromatic rings. The standard InChI is InChI=1S/C18H26O3/c1-7-20-16(19)18(6)11-10-13-12(2)8-9-14(15(13)21-18)17(3,4)5/h8-9H,7,10-11H2,1-6H3. The first-order chi connectivity index (χ1) is 9.69. The van der Waals surface area contributed by atoms with E-state index in [1.165, 1.54) is 11.1 Å². The summed E-state index contributed by atoms with van der Waals surface area (Å²) in [6.45, 7) is 12.6. The Morgan fingerprint density at radius 2 is 2.05 bits per heavy atom. The van der Waals surface area contributed by atoms with Gasteiger partial charge in [0, 0.05) is 6.42 Å². The van der Waals surface area contributed by atoms with Crippen LogP contribution in [-0.2, 0) is 21.4 Å². The number of benzene rings is 1. The van der Waals surface area contributed by atoms with Gasteiger partial charge in [0.25, 0.3) is 0 Å². The van der Waals surface area contributed by atoms with Gasteiger partial charge in [-0.1, -0.05) is 32.9 Å². The number of carbonyl (C=O) groups is 1. The highest BCUT2D eigenvalue weighted by atomic mass is 16.6. The van der Waals surface area contributed by atoms with E-state index in [0.717, 1.165) is 17.7 Å². The van der Waals surface area contributed by atoms with E-state index in [9.17, 15) is 4.79 Å². The first-order valence-corrected chi connectivity index (χ1v) is 7.68. The lowest BCUT2D eigenvalue weighted by Crippen LogP contribution is -2.46. The molecule has 0 radical (unpaired) electrons. The maximum absolute atomic E-state index is 12.2. The molecule has 1 aliphatic rings. The molecule has 1 aliphatic heterocycles. The van der Waals surface area contributed by atoms with Gasteiger partial charge in [-0.3, -0.25) is 0 Å². The van der Waals surface area contributed by atoms with Gasteiger partial charge in [0.05, 0.1) is 6.61 Å². The Kier molecular flexibility index (Phi) is 4.05. The molecule has 0 amide bonds. The van der Waals surface area contributed by atoms with Crippen molar-refractivity contribution in [1.82, 2.24) is 0 Å². The Hall–Kier alpha value is -1.51. The van der Waals surface area contributed by atoms with Crippen LogP contribution in [0.5, 0.6) is 5.75 Å². The van der Waals surface area contributed by atoms with Crippen LogP contribution < -0.4 is 4.74 Å². The minimum Gasteiger partial charge on any atom is -0.475 e. The van der Waals surface area contributed by atoms with E-state index in [-0.39, 0.29) is 11.4 Å². The molecule has 0 aliphatic carbocycles. The zero-order valence-electron chi connectivity index (χ0n) is 14.0. The van der Waals surface area contributed by atoms with Gasteiger partial charge >= 0.3 is 5.97 Å². The minimum absolute atomic E-state index is 0.0231. The summed E-state index contributed by atoms with van der Waals surface area (Å²) in [6.07, 6.45) is 1.51. The second-order valence-electron chi connectivity index (χ2n) is 7.04. The highest BCUT2D eigenvalue weighted by Gasteiger charge is 2.42. The lowest BCUT2D eigenvalue weighted by atomic mass is 9.81. The van der Waals surface area contributed by atoms with Crippen LogP contribution in [0.4, 0.5) is 0 Å². The SMILES string of the molecule is CCOC(=O)C1(C)CCc2c(C)ccc(C(C)(C)C)c2O1. The third-order valence-corrected chi connectivity index (χ3v) is 4.19. The van der Waals surface area contributed by atoms with Gasteiger partial charge in [-0.2, -0.15) is 0 Å². The maximum Gasteiger partial charge on any atom is 0.350 e. The van der Waals surface area contributed by atoms with Crippen molar-refractivity contribution >= 4 is 5.97 Å². The summed E-state index contributed by atoms with van der Waals surface area (Å²) in [5, 5.41) is 0. The molecule has 116 valence electrons. The van der Waals surface area contributed by atoms with E-state index in [4.69, 9.17) is 9.47 Å². The van der Waals surface area contributed by atoms with Gasteiger partial charge < -0.3 is 9.47 Å². The zero-order valence-corrected chi connectivity index (χ0v) is 14.0. The summed E-state index contributed by atoms with van der Waals surface area (Å²) < 4.78 is 11.4. The summed E-state index contributed by atoms with van der Waals surface area (Å²) in [7, 11) is 0. The van der Waals surface area contributed by atoms with Crippen molar-refractivity contribution in [3.63, 3.8) is 0 Å². The van der Waals surface area contributed by atoms with Gasteiger partial charge in [0.15, 0.2) is 0 Å². The number of hydrogen-bond donors (Lipinski definition) is 0. The molecule has 0 fully saturated rings. The van der Waals surface area contributed by atoms with Crippen molar-refractivity contribution in [2.75, 3.05) is 6.61 Å². The Balaban J connectivity index is 2.48. The van der Waals surface area contributed by atoms with E-state index in [2.05, 4.69) is 39.8 Å². The Bertz CT molecular complexity index is 554. The van der Waals surface area contributed by atoms with Gasteiger partial charge in [0.2, 0.25) is 5.60 Å². The fourth-order valence-corrected chi connectivity index (χ4v) is 2.81. The van der Waals surface area contributed by atoms with Crippen molar-refractivity contribution in [1.29, 1.82) is 0 Å². The third-order valence-electron chi connectivity index (χ3n) is 4.19. The Labute approximate surface area is 127 Å². The largest absolute Gasteiger partial charge is 0.475 e. The second kappa shape index (κ2) is 5.36. The number of rotatable bonds is 2. The van der Waals surface area contributed by atoms with Gasteiger partial charge in [-0.05, 0) is 49.3 Å². The molecular formula is C18H26O3. The van der Waals surface area contributed by atoms with Gasteiger partial charge in [0.1, 0.15) is 5.75 Å². The minimum atomic E-state index is -0.878. The molecule has 3 nitrogen and oxygen atoms in total. The molecular weight excluding hydrogens is 264 g/mol. The summed E-state index contributed by atoms with van der Waals surface area (Å²) in [5.41, 5.74) is 2.70. The van der Waals surface area contributed by atoms with Crippen molar-refractivity contribution in [3.05, 3.63) is 28.8 Å². The van der Waals surface area contributed by atoms with E-state index in [1.807, 2.05) is 13.8 Å². The molecule has 0 N–H and O–H groups in total. The molecule has 0 aromatic heterocycles. The summed E-state index contributed by atoms with van der Waals surface area (Å²) >= 11 is 0. The number of esters is 1. The van der Waals surface area contributed by atoms with Crippen LogP contribution in [0.1, 0.15) is 57.7 Å². The van der Waals surface area contributed by atoms with E-state index in [0.29, 0.717) is 13.0 Å². The maximum atomic E-state index is 12.2. The number of hydrogen-bond acceptors (Lipinski definition) is 3. The lowest BCUT2D eigenvalue weighted by molar-refractivity contribution is -0.161. The number of aryl methyl sites for hydroxylation is 1. The second-order valence-corrected chi connectivity index (χ2v) is 7.04. The van der Waals surface area contributed by atoms with E-state index in [1.54, 1.807) is 0 Å². The van der Waals surface area contributed by atoms with Crippen LogP contribution in [0.25, 0.3) is 0 Å². The third kappa shape index (κ3) is 2.92. The van der Waals surface area contributed by atoms with Crippen molar-refractivity contribution in [3.8, 4) is 5.75 Å². The summed E-state index contributed by atoms with van der Waals surface area (Å²) in [6, 6.07) is 4.26. The number of ether oxygens (including phenoxy) is 2. The molecule has 0 saturated carbocycles. The normalized spacial score (nSPS) is 21.4. The molecule has 1 heterocycles. The first kappa shape index (κ1) is 15.9. The number of fused-ring (bicyclic) bond motifs is 1. The van der Waals surface area contributed by atoms with Gasteiger partial charge in [-0.25, -0.2) is 4.79 Å². The highest BCUT2D eigenvalue weighted by molar-refractivity contribution is 5.80. The smallest absolute Gasteiger partial charge is 0.350 e. The van der Waals surface area contributed by atoms with Gasteiger partial charge in [-0.15, -0.1) is 0 Å². The van der Waals surface area contributed by atoms with Crippen molar-refractivity contribution in [2.45, 2.75) is 65.4 Å². The average molecular weight is 290 g/mol. The molecule has 0 spiro atoms. The summed E-state index contributed by atoms with van der Waals surface area (Å²) in [5.74, 6) is 0.612. The van der Waals surface area contributed by atoms with Crippen LogP contribution in [0.2, 0.25) is 0 Å². The predicted octanol–water partition coefficient (Wildman–Crippen LogP) is 3.94. The first-order valence-electron chi connectivity index (χ1n) is 7.68. The predicted molar refractivity (Wildman–Crippen MR) is 83.9 cm³/mol. The molecule has 3 heteroatoms. The summed E-state index contributed by atoms with van der Waals surface area (Å²) in [4.78, 5) is 12.2. The van der Waals surface area contributed by atoms with Crippen molar-refractivity contribution < 1.29 is 14.3 Å². The molecule has 0 saturated heterocycles. The molecule has 1 atom stereocenters. The number of carbonyl (C=O) groups excluding carboxylic acids is 1. The highest BCUT2D eigenvalue weighted by Crippen LogP contribution is 2.42. The quantitative estimate of drug-likeness (QED) is 0.774. The van der Waals surface area contributed by atoms with Crippen LogP contribution in [-0.4, -0.2) is 18.2 Å². The molecule has 1 aromatic carbocycles. The molecule has 21 heavy (non-hydrogen) atoms. The topological polar surface area (TPSA) is 35.5 Å².